The van der Waals surface area contributed by atoms with E-state index in [4.69, 9.17) is 0 Å². The lowest BCUT2D eigenvalue weighted by atomic mass is 10.1. The second-order valence-electron chi connectivity index (χ2n) is 4.74. The fraction of sp³-hybridized carbons (Fsp3) is 0.0588. The fourth-order valence-electron chi connectivity index (χ4n) is 2.12. The van der Waals surface area contributed by atoms with E-state index in [1.54, 1.807) is 42.7 Å². The van der Waals surface area contributed by atoms with E-state index in [1.807, 2.05) is 0 Å². The molecular weight excluding hydrogens is 284 g/mol. The van der Waals surface area contributed by atoms with Gasteiger partial charge in [-0.25, -0.2) is 18.7 Å². The summed E-state index contributed by atoms with van der Waals surface area (Å²) in [5, 5.41) is 3.24. The molecule has 22 heavy (non-hydrogen) atoms. The van der Waals surface area contributed by atoms with Crippen molar-refractivity contribution < 1.29 is 8.78 Å². The van der Waals surface area contributed by atoms with Crippen molar-refractivity contribution in [3.05, 3.63) is 90.0 Å². The van der Waals surface area contributed by atoms with E-state index in [1.165, 1.54) is 24.3 Å². The predicted molar refractivity (Wildman–Crippen MR) is 80.3 cm³/mol. The van der Waals surface area contributed by atoms with Crippen LogP contribution >= 0.6 is 0 Å². The molecule has 0 aliphatic carbocycles. The van der Waals surface area contributed by atoms with E-state index in [2.05, 4.69) is 15.3 Å². The summed E-state index contributed by atoms with van der Waals surface area (Å²) in [6.45, 7) is 0. The van der Waals surface area contributed by atoms with Gasteiger partial charge in [-0.2, -0.15) is 0 Å². The Hall–Kier alpha value is -2.82. The standard InChI is InChI=1S/C17H13F2N3/c18-13-4-2-12(3-5-13)16(17-20-10-1-11-21-17)22-15-8-6-14(19)7-9-15/h1-11,16,22H. The van der Waals surface area contributed by atoms with Crippen molar-refractivity contribution in [3.63, 3.8) is 0 Å². The second kappa shape index (κ2) is 6.30. The summed E-state index contributed by atoms with van der Waals surface area (Å²) >= 11 is 0. The highest BCUT2D eigenvalue weighted by atomic mass is 19.1. The molecule has 5 heteroatoms. The Labute approximate surface area is 126 Å². The number of rotatable bonds is 4. The van der Waals surface area contributed by atoms with Crippen molar-refractivity contribution in [3.8, 4) is 0 Å². The molecular formula is C17H13F2N3. The summed E-state index contributed by atoms with van der Waals surface area (Å²) in [5.41, 5.74) is 1.54. The van der Waals surface area contributed by atoms with Crippen molar-refractivity contribution in [2.24, 2.45) is 0 Å². The molecule has 0 bridgehead atoms. The Morgan fingerprint density at radius 1 is 0.773 bits per heavy atom. The van der Waals surface area contributed by atoms with Gasteiger partial charge in [-0.1, -0.05) is 12.1 Å². The molecule has 0 fully saturated rings. The molecule has 0 aliphatic heterocycles. The Kier molecular flexibility index (Phi) is 4.05. The van der Waals surface area contributed by atoms with Crippen molar-refractivity contribution in [1.82, 2.24) is 9.97 Å². The van der Waals surface area contributed by atoms with Crippen LogP contribution < -0.4 is 5.32 Å². The molecule has 0 saturated heterocycles. The average Bonchev–Trinajstić information content (AvgIpc) is 2.56. The molecule has 3 aromatic rings. The first kappa shape index (κ1) is 14.1. The van der Waals surface area contributed by atoms with Gasteiger partial charge in [0.2, 0.25) is 0 Å². The average molecular weight is 297 g/mol. The van der Waals surface area contributed by atoms with E-state index in [9.17, 15) is 8.78 Å². The van der Waals surface area contributed by atoms with Crippen LogP contribution in [0.4, 0.5) is 14.5 Å². The highest BCUT2D eigenvalue weighted by Gasteiger charge is 2.16. The second-order valence-corrected chi connectivity index (χ2v) is 4.74. The number of halogens is 2. The van der Waals surface area contributed by atoms with Crippen LogP contribution in [0.15, 0.2) is 67.0 Å². The van der Waals surface area contributed by atoms with E-state index in [0.29, 0.717) is 5.82 Å². The van der Waals surface area contributed by atoms with Crippen molar-refractivity contribution >= 4 is 5.69 Å². The number of hydrogen-bond donors (Lipinski definition) is 1. The monoisotopic (exact) mass is 297 g/mol. The number of anilines is 1. The Balaban J connectivity index is 1.96. The van der Waals surface area contributed by atoms with Crippen molar-refractivity contribution in [1.29, 1.82) is 0 Å². The third-order valence-corrected chi connectivity index (χ3v) is 3.20. The zero-order chi connectivity index (χ0) is 15.4. The van der Waals surface area contributed by atoms with Gasteiger partial charge in [0.15, 0.2) is 5.82 Å². The lowest BCUT2D eigenvalue weighted by Crippen LogP contribution is -2.15. The Morgan fingerprint density at radius 2 is 1.32 bits per heavy atom. The summed E-state index contributed by atoms with van der Waals surface area (Å²) in [4.78, 5) is 8.50. The topological polar surface area (TPSA) is 37.8 Å². The van der Waals surface area contributed by atoms with Crippen LogP contribution in [0.1, 0.15) is 17.4 Å². The van der Waals surface area contributed by atoms with Gasteiger partial charge >= 0.3 is 0 Å². The van der Waals surface area contributed by atoms with Gasteiger partial charge in [-0.05, 0) is 48.0 Å². The van der Waals surface area contributed by atoms with Crippen molar-refractivity contribution in [2.75, 3.05) is 5.32 Å². The fourth-order valence-corrected chi connectivity index (χ4v) is 2.12. The summed E-state index contributed by atoms with van der Waals surface area (Å²) in [6, 6.07) is 13.5. The lowest BCUT2D eigenvalue weighted by Gasteiger charge is -2.19. The largest absolute Gasteiger partial charge is 0.371 e. The number of benzene rings is 2. The van der Waals surface area contributed by atoms with Crippen LogP contribution in [0.5, 0.6) is 0 Å². The summed E-state index contributed by atoms with van der Waals surface area (Å²) in [6.07, 6.45) is 3.29. The molecule has 0 aliphatic rings. The molecule has 0 saturated carbocycles. The molecule has 3 rings (SSSR count). The smallest absolute Gasteiger partial charge is 0.154 e. The van der Waals surface area contributed by atoms with Gasteiger partial charge in [0.1, 0.15) is 17.7 Å². The number of nitrogens with one attached hydrogen (secondary N) is 1. The predicted octanol–water partition coefficient (Wildman–Crippen LogP) is 3.96. The number of nitrogens with zero attached hydrogens (tertiary/aromatic N) is 2. The SMILES string of the molecule is Fc1ccc(NC(c2ccc(F)cc2)c2ncccn2)cc1. The van der Waals surface area contributed by atoms with Crippen LogP contribution in [0.3, 0.4) is 0 Å². The van der Waals surface area contributed by atoms with Gasteiger partial charge in [0, 0.05) is 18.1 Å². The molecule has 0 spiro atoms. The van der Waals surface area contributed by atoms with Gasteiger partial charge in [-0.3, -0.25) is 0 Å². The molecule has 1 aromatic heterocycles. The van der Waals surface area contributed by atoms with Crippen LogP contribution in [-0.4, -0.2) is 9.97 Å². The molecule has 110 valence electrons. The molecule has 1 unspecified atom stereocenters. The maximum atomic E-state index is 13.1. The maximum absolute atomic E-state index is 13.1. The zero-order valence-corrected chi connectivity index (χ0v) is 11.6. The van der Waals surface area contributed by atoms with E-state index in [-0.39, 0.29) is 17.7 Å². The van der Waals surface area contributed by atoms with Crippen LogP contribution in [0.2, 0.25) is 0 Å². The van der Waals surface area contributed by atoms with Gasteiger partial charge in [0.25, 0.3) is 0 Å². The van der Waals surface area contributed by atoms with Crippen LogP contribution in [0.25, 0.3) is 0 Å². The van der Waals surface area contributed by atoms with E-state index in [0.717, 1.165) is 11.3 Å². The first-order valence-corrected chi connectivity index (χ1v) is 6.77. The third kappa shape index (κ3) is 3.25. The molecule has 1 heterocycles. The molecule has 3 nitrogen and oxygen atoms in total. The van der Waals surface area contributed by atoms with Crippen molar-refractivity contribution in [2.45, 2.75) is 6.04 Å². The Bertz CT molecular complexity index is 728. The normalized spacial score (nSPS) is 11.9. The highest BCUT2D eigenvalue weighted by molar-refractivity contribution is 5.47. The lowest BCUT2D eigenvalue weighted by molar-refractivity contribution is 0.626. The number of hydrogen-bond acceptors (Lipinski definition) is 3. The van der Waals surface area contributed by atoms with Crippen LogP contribution in [0, 0.1) is 11.6 Å². The number of aromatic nitrogens is 2. The third-order valence-electron chi connectivity index (χ3n) is 3.20. The van der Waals surface area contributed by atoms with Crippen LogP contribution in [-0.2, 0) is 0 Å². The Morgan fingerprint density at radius 3 is 1.91 bits per heavy atom. The molecule has 0 radical (unpaired) electrons. The maximum Gasteiger partial charge on any atom is 0.154 e. The first-order valence-electron chi connectivity index (χ1n) is 6.77. The summed E-state index contributed by atoms with van der Waals surface area (Å²) < 4.78 is 26.2. The molecule has 1 N–H and O–H groups in total. The molecule has 1 atom stereocenters. The summed E-state index contributed by atoms with van der Waals surface area (Å²) in [5.74, 6) is -0.0588. The van der Waals surface area contributed by atoms with Gasteiger partial charge in [0.05, 0.1) is 0 Å². The highest BCUT2D eigenvalue weighted by Crippen LogP contribution is 2.24. The minimum Gasteiger partial charge on any atom is -0.371 e. The van der Waals surface area contributed by atoms with Gasteiger partial charge in [-0.15, -0.1) is 0 Å². The minimum atomic E-state index is -0.354. The quantitative estimate of drug-likeness (QED) is 0.792. The van der Waals surface area contributed by atoms with Gasteiger partial charge < -0.3 is 5.32 Å². The molecule has 0 amide bonds. The molecule has 2 aromatic carbocycles. The zero-order valence-electron chi connectivity index (χ0n) is 11.6. The first-order chi connectivity index (χ1) is 10.7. The summed E-state index contributed by atoms with van der Waals surface area (Å²) in [7, 11) is 0. The van der Waals surface area contributed by atoms with E-state index >= 15 is 0 Å². The minimum absolute atomic E-state index is 0.306. The van der Waals surface area contributed by atoms with E-state index < -0.39 is 0 Å².